The molecule has 1 heterocycles. The number of rotatable bonds is 4. The quantitative estimate of drug-likeness (QED) is 0.842. The molecule has 1 N–H and O–H groups in total. The summed E-state index contributed by atoms with van der Waals surface area (Å²) in [5.41, 5.74) is -1.07. The molecule has 0 aromatic heterocycles. The lowest BCUT2D eigenvalue weighted by molar-refractivity contribution is -0.172. The highest BCUT2D eigenvalue weighted by atomic mass is 16.5. The Hall–Kier alpha value is -1.10. The molecule has 2 fully saturated rings. The van der Waals surface area contributed by atoms with E-state index in [0.717, 1.165) is 12.8 Å². The fraction of sp³-hybridized carbons (Fsp3) is 0.857. The van der Waals surface area contributed by atoms with Gasteiger partial charge in [-0.3, -0.25) is 4.79 Å². The summed E-state index contributed by atoms with van der Waals surface area (Å²) in [6.45, 7) is 5.93. The molecule has 0 spiro atoms. The van der Waals surface area contributed by atoms with Crippen LogP contribution < -0.4 is 0 Å². The van der Waals surface area contributed by atoms with Crippen molar-refractivity contribution in [2.45, 2.75) is 64.1 Å². The smallest absolute Gasteiger partial charge is 0.329 e. The second-order valence-electron chi connectivity index (χ2n) is 6.06. The number of hydrogen-bond donors (Lipinski definition) is 1. The van der Waals surface area contributed by atoms with Crippen molar-refractivity contribution in [3.05, 3.63) is 0 Å². The highest BCUT2D eigenvalue weighted by Crippen LogP contribution is 2.41. The average molecular weight is 269 g/mol. The number of nitrogens with zero attached hydrogens (tertiary/aromatic N) is 1. The third-order valence-corrected chi connectivity index (χ3v) is 4.24. The van der Waals surface area contributed by atoms with Crippen LogP contribution in [0.3, 0.4) is 0 Å². The van der Waals surface area contributed by atoms with Gasteiger partial charge in [0.25, 0.3) is 0 Å². The largest absolute Gasteiger partial charge is 0.479 e. The van der Waals surface area contributed by atoms with E-state index in [4.69, 9.17) is 4.74 Å². The standard InChI is InChI=1S/C14H23NO4/c1-9(2)12-8-14(13(17)18,6-7-19-12)15(10(3)16)11-4-5-11/h9,11-12H,4-8H2,1-3H3,(H,17,18). The van der Waals surface area contributed by atoms with Crippen LogP contribution in [0, 0.1) is 5.92 Å². The first-order valence-electron chi connectivity index (χ1n) is 7.03. The first-order chi connectivity index (χ1) is 8.88. The molecule has 2 unspecified atom stereocenters. The third kappa shape index (κ3) is 2.61. The Kier molecular flexibility index (Phi) is 3.85. The fourth-order valence-electron chi connectivity index (χ4n) is 3.06. The molecular weight excluding hydrogens is 246 g/mol. The molecule has 1 saturated carbocycles. The number of carbonyl (C=O) groups excluding carboxylic acids is 1. The van der Waals surface area contributed by atoms with Crippen molar-refractivity contribution in [2.75, 3.05) is 6.61 Å². The van der Waals surface area contributed by atoms with E-state index in [9.17, 15) is 14.7 Å². The fourth-order valence-corrected chi connectivity index (χ4v) is 3.06. The Morgan fingerprint density at radius 2 is 2.00 bits per heavy atom. The summed E-state index contributed by atoms with van der Waals surface area (Å²) in [6, 6.07) is 0.111. The lowest BCUT2D eigenvalue weighted by atomic mass is 9.81. The summed E-state index contributed by atoms with van der Waals surface area (Å²) < 4.78 is 5.67. The summed E-state index contributed by atoms with van der Waals surface area (Å²) >= 11 is 0. The molecule has 0 bridgehead atoms. The van der Waals surface area contributed by atoms with Gasteiger partial charge in [0.05, 0.1) is 6.10 Å². The molecule has 2 atom stereocenters. The highest BCUT2D eigenvalue weighted by molar-refractivity contribution is 5.86. The molecule has 1 aliphatic heterocycles. The van der Waals surface area contributed by atoms with Gasteiger partial charge in [-0.25, -0.2) is 4.79 Å². The second-order valence-corrected chi connectivity index (χ2v) is 6.06. The van der Waals surface area contributed by atoms with Crippen LogP contribution in [0.15, 0.2) is 0 Å². The monoisotopic (exact) mass is 269 g/mol. The van der Waals surface area contributed by atoms with Crippen LogP contribution in [-0.2, 0) is 14.3 Å². The Morgan fingerprint density at radius 3 is 2.42 bits per heavy atom. The van der Waals surface area contributed by atoms with E-state index in [1.807, 2.05) is 13.8 Å². The van der Waals surface area contributed by atoms with E-state index in [2.05, 4.69) is 0 Å². The third-order valence-electron chi connectivity index (χ3n) is 4.24. The first kappa shape index (κ1) is 14.3. The molecule has 2 rings (SSSR count). The van der Waals surface area contributed by atoms with Crippen LogP contribution in [0.5, 0.6) is 0 Å². The van der Waals surface area contributed by atoms with Gasteiger partial charge in [-0.05, 0) is 18.8 Å². The number of hydrogen-bond acceptors (Lipinski definition) is 3. The molecule has 1 aliphatic carbocycles. The summed E-state index contributed by atoms with van der Waals surface area (Å²) in [5, 5.41) is 9.73. The van der Waals surface area contributed by atoms with Crippen molar-refractivity contribution in [3.8, 4) is 0 Å². The Labute approximate surface area is 113 Å². The van der Waals surface area contributed by atoms with Gasteiger partial charge in [-0.15, -0.1) is 0 Å². The number of ether oxygens (including phenoxy) is 1. The van der Waals surface area contributed by atoms with Gasteiger partial charge >= 0.3 is 5.97 Å². The van der Waals surface area contributed by atoms with Crippen LogP contribution in [0.1, 0.15) is 46.5 Å². The number of aliphatic carboxylic acids is 1. The van der Waals surface area contributed by atoms with Crippen molar-refractivity contribution >= 4 is 11.9 Å². The lowest BCUT2D eigenvalue weighted by Crippen LogP contribution is -2.62. The summed E-state index contributed by atoms with van der Waals surface area (Å²) in [6.07, 6.45) is 2.53. The maximum Gasteiger partial charge on any atom is 0.329 e. The van der Waals surface area contributed by atoms with Crippen LogP contribution in [0.2, 0.25) is 0 Å². The number of amides is 1. The highest BCUT2D eigenvalue weighted by Gasteiger charge is 2.54. The van der Waals surface area contributed by atoms with Crippen LogP contribution in [0.4, 0.5) is 0 Å². The van der Waals surface area contributed by atoms with Gasteiger partial charge in [0.1, 0.15) is 5.54 Å². The molecule has 0 radical (unpaired) electrons. The Bertz CT molecular complexity index is 378. The minimum absolute atomic E-state index is 0.0922. The van der Waals surface area contributed by atoms with Crippen molar-refractivity contribution in [1.29, 1.82) is 0 Å². The zero-order valence-electron chi connectivity index (χ0n) is 11.9. The molecule has 0 aromatic carbocycles. The average Bonchev–Trinajstić information content (AvgIpc) is 3.13. The van der Waals surface area contributed by atoms with Gasteiger partial charge in [0, 0.05) is 32.4 Å². The van der Waals surface area contributed by atoms with E-state index in [1.165, 1.54) is 6.92 Å². The van der Waals surface area contributed by atoms with Crippen LogP contribution in [-0.4, -0.2) is 46.2 Å². The first-order valence-corrected chi connectivity index (χ1v) is 7.03. The zero-order valence-corrected chi connectivity index (χ0v) is 11.9. The molecule has 2 aliphatic rings. The van der Waals surface area contributed by atoms with E-state index in [-0.39, 0.29) is 24.0 Å². The Morgan fingerprint density at radius 1 is 1.37 bits per heavy atom. The SMILES string of the molecule is CC(=O)N(C1CC1)C1(C(=O)O)CCOC(C(C)C)C1. The molecule has 5 nitrogen and oxygen atoms in total. The number of carboxylic acids is 1. The summed E-state index contributed by atoms with van der Waals surface area (Å²) in [7, 11) is 0. The normalized spacial score (nSPS) is 31.3. The van der Waals surface area contributed by atoms with E-state index >= 15 is 0 Å². The van der Waals surface area contributed by atoms with Gasteiger partial charge in [0.2, 0.25) is 5.91 Å². The van der Waals surface area contributed by atoms with Gasteiger partial charge in [0.15, 0.2) is 0 Å². The zero-order chi connectivity index (χ0) is 14.2. The maximum absolute atomic E-state index is 11.9. The number of carboxylic acid groups (broad SMARTS) is 1. The molecule has 108 valence electrons. The van der Waals surface area contributed by atoms with Crippen molar-refractivity contribution < 1.29 is 19.4 Å². The second kappa shape index (κ2) is 5.12. The van der Waals surface area contributed by atoms with Crippen LogP contribution >= 0.6 is 0 Å². The van der Waals surface area contributed by atoms with Gasteiger partial charge in [-0.1, -0.05) is 13.8 Å². The lowest BCUT2D eigenvalue weighted by Gasteiger charge is -2.46. The molecule has 19 heavy (non-hydrogen) atoms. The maximum atomic E-state index is 11.9. The summed E-state index contributed by atoms with van der Waals surface area (Å²) in [5.74, 6) is -0.759. The van der Waals surface area contributed by atoms with Crippen molar-refractivity contribution in [3.63, 3.8) is 0 Å². The van der Waals surface area contributed by atoms with Gasteiger partial charge in [-0.2, -0.15) is 0 Å². The number of carbonyl (C=O) groups is 2. The van der Waals surface area contributed by atoms with Crippen LogP contribution in [0.25, 0.3) is 0 Å². The minimum atomic E-state index is -1.07. The van der Waals surface area contributed by atoms with Gasteiger partial charge < -0.3 is 14.7 Å². The predicted molar refractivity (Wildman–Crippen MR) is 69.7 cm³/mol. The molecule has 0 aromatic rings. The molecule has 1 amide bonds. The molecule has 5 heteroatoms. The van der Waals surface area contributed by atoms with E-state index < -0.39 is 11.5 Å². The molecule has 1 saturated heterocycles. The Balaban J connectivity index is 2.30. The topological polar surface area (TPSA) is 66.8 Å². The summed E-state index contributed by atoms with van der Waals surface area (Å²) in [4.78, 5) is 25.4. The van der Waals surface area contributed by atoms with Crippen molar-refractivity contribution in [2.24, 2.45) is 5.92 Å². The van der Waals surface area contributed by atoms with E-state index in [0.29, 0.717) is 19.4 Å². The van der Waals surface area contributed by atoms with Crippen molar-refractivity contribution in [1.82, 2.24) is 4.90 Å². The minimum Gasteiger partial charge on any atom is -0.479 e. The van der Waals surface area contributed by atoms with E-state index in [1.54, 1.807) is 4.90 Å². The molecular formula is C14H23NO4. The predicted octanol–water partition coefficient (Wildman–Crippen LogP) is 1.66.